The number of nitrogens with zero attached hydrogens (tertiary/aromatic N) is 3. The first kappa shape index (κ1) is 23.0. The number of carboxylic acid groups (broad SMARTS) is 2. The van der Waals surface area contributed by atoms with Gasteiger partial charge in [-0.3, -0.25) is 4.90 Å². The van der Waals surface area contributed by atoms with Crippen LogP contribution in [0.4, 0.5) is 15.3 Å². The number of carboxylic acids is 1. The smallest absolute Gasteiger partial charge is 0.480 e. The predicted molar refractivity (Wildman–Crippen MR) is 133 cm³/mol. The Kier molecular flexibility index (Phi) is 5.33. The highest BCUT2D eigenvalue weighted by Crippen LogP contribution is 2.58. The van der Waals surface area contributed by atoms with Crippen molar-refractivity contribution in [2.24, 2.45) is 5.92 Å². The van der Waals surface area contributed by atoms with Crippen molar-refractivity contribution in [1.29, 1.82) is 0 Å². The fraction of sp³-hybridized carbons (Fsp3) is 0.464. The third-order valence-corrected chi connectivity index (χ3v) is 8.96. The molecule has 0 spiro atoms. The van der Waals surface area contributed by atoms with E-state index in [1.807, 2.05) is 59.5 Å². The Labute approximate surface area is 210 Å². The lowest BCUT2D eigenvalue weighted by atomic mass is 9.78. The van der Waals surface area contributed by atoms with Crippen molar-refractivity contribution in [2.75, 3.05) is 6.54 Å². The van der Waals surface area contributed by atoms with Gasteiger partial charge >= 0.3 is 18.1 Å². The van der Waals surface area contributed by atoms with Crippen LogP contribution in [0.2, 0.25) is 0 Å². The molecule has 3 amide bonds. The van der Waals surface area contributed by atoms with E-state index in [1.165, 1.54) is 4.90 Å². The standard InChI is InChI=1S/C28H31N3O5/c32-25(33)23-14-16-29(23)26(34)30(22-12-13-22)28-15-6-10-21(28)17-20-9-4-5-11-24(20)31(28,27(35)36)18-19-7-2-1-3-8-19/h1-5,7-9,11,21-23H,6,10,12-18H2,(H-,32,33,35,36)/p+1/t21-,23-,28-,31+/m1/s1. The summed E-state index contributed by atoms with van der Waals surface area (Å²) in [7, 11) is 0. The summed E-state index contributed by atoms with van der Waals surface area (Å²) in [5, 5.41) is 20.9. The van der Waals surface area contributed by atoms with Gasteiger partial charge in [0.1, 0.15) is 18.3 Å². The summed E-state index contributed by atoms with van der Waals surface area (Å²) in [6.45, 7) is 0.616. The van der Waals surface area contributed by atoms with Gasteiger partial charge in [0.05, 0.1) is 0 Å². The van der Waals surface area contributed by atoms with Crippen LogP contribution in [0, 0.1) is 5.92 Å². The quantitative estimate of drug-likeness (QED) is 0.594. The van der Waals surface area contributed by atoms with E-state index in [4.69, 9.17) is 0 Å². The van der Waals surface area contributed by atoms with Crippen molar-refractivity contribution in [1.82, 2.24) is 14.3 Å². The number of amides is 3. The predicted octanol–water partition coefficient (Wildman–Crippen LogP) is 4.67. The summed E-state index contributed by atoms with van der Waals surface area (Å²) in [6.07, 6.45) is 4.08. The van der Waals surface area contributed by atoms with Gasteiger partial charge in [0, 0.05) is 42.1 Å². The van der Waals surface area contributed by atoms with Crippen molar-refractivity contribution in [3.05, 3.63) is 65.7 Å². The van der Waals surface area contributed by atoms with Crippen LogP contribution in [0.3, 0.4) is 0 Å². The van der Waals surface area contributed by atoms with Crippen molar-refractivity contribution in [3.8, 4) is 0 Å². The molecule has 0 bridgehead atoms. The Morgan fingerprint density at radius 3 is 2.33 bits per heavy atom. The number of aliphatic carboxylic acids is 1. The largest absolute Gasteiger partial charge is 0.521 e. The first-order valence-electron chi connectivity index (χ1n) is 13.0. The number of urea groups is 1. The molecule has 3 fully saturated rings. The van der Waals surface area contributed by atoms with Crippen molar-refractivity contribution < 1.29 is 24.6 Å². The number of carbonyl (C=O) groups is 3. The van der Waals surface area contributed by atoms with Crippen molar-refractivity contribution >= 4 is 23.8 Å². The highest BCUT2D eigenvalue weighted by atomic mass is 16.4. The Hall–Kier alpha value is -3.39. The first-order valence-corrected chi connectivity index (χ1v) is 13.0. The molecule has 1 saturated heterocycles. The number of fused-ring (bicyclic) bond motifs is 2. The number of benzene rings is 2. The molecule has 36 heavy (non-hydrogen) atoms. The number of likely N-dealkylation sites (tertiary alicyclic amines) is 1. The average Bonchev–Trinajstić information content (AvgIpc) is 3.56. The first-order chi connectivity index (χ1) is 17.4. The molecule has 8 nitrogen and oxygen atoms in total. The van der Waals surface area contributed by atoms with Gasteiger partial charge in [0.15, 0.2) is 5.66 Å². The van der Waals surface area contributed by atoms with Gasteiger partial charge in [0.25, 0.3) is 0 Å². The molecule has 2 heterocycles. The van der Waals surface area contributed by atoms with E-state index in [0.717, 1.165) is 48.9 Å². The second-order valence-electron chi connectivity index (χ2n) is 10.8. The molecule has 0 aromatic heterocycles. The van der Waals surface area contributed by atoms with Gasteiger partial charge in [-0.25, -0.2) is 9.59 Å². The Balaban J connectivity index is 1.58. The maximum atomic E-state index is 14.2. The zero-order valence-electron chi connectivity index (χ0n) is 20.3. The minimum atomic E-state index is -0.997. The molecule has 0 unspecified atom stereocenters. The summed E-state index contributed by atoms with van der Waals surface area (Å²) in [5.41, 5.74) is 1.68. The van der Waals surface area contributed by atoms with E-state index >= 15 is 0 Å². The van der Waals surface area contributed by atoms with Crippen LogP contribution < -0.4 is 4.48 Å². The van der Waals surface area contributed by atoms with Crippen LogP contribution in [0.25, 0.3) is 0 Å². The molecule has 2 N–H and O–H groups in total. The monoisotopic (exact) mass is 490 g/mol. The van der Waals surface area contributed by atoms with E-state index in [9.17, 15) is 24.6 Å². The van der Waals surface area contributed by atoms with Crippen molar-refractivity contribution in [3.63, 3.8) is 0 Å². The van der Waals surface area contributed by atoms with Gasteiger partial charge in [0.2, 0.25) is 0 Å². The second-order valence-corrected chi connectivity index (χ2v) is 10.8. The fourth-order valence-electron chi connectivity index (χ4n) is 7.24. The van der Waals surface area contributed by atoms with E-state index < -0.39 is 23.8 Å². The number of quaternary nitrogens is 1. The molecule has 4 aliphatic rings. The van der Waals surface area contributed by atoms with E-state index in [1.54, 1.807) is 0 Å². The molecule has 6 rings (SSSR count). The number of hydrogen-bond acceptors (Lipinski definition) is 3. The molecule has 4 atom stereocenters. The van der Waals surface area contributed by atoms with E-state index in [2.05, 4.69) is 0 Å². The minimum absolute atomic E-state index is 0.0266. The lowest BCUT2D eigenvalue weighted by Crippen LogP contribution is -2.80. The van der Waals surface area contributed by atoms with Gasteiger partial charge in [-0.1, -0.05) is 48.5 Å². The summed E-state index contributed by atoms with van der Waals surface area (Å²) < 4.78 is -0.355. The molecule has 2 saturated carbocycles. The normalized spacial score (nSPS) is 30.6. The number of rotatable bonds is 5. The number of para-hydroxylation sites is 1. The van der Waals surface area contributed by atoms with Crippen LogP contribution in [0.15, 0.2) is 54.6 Å². The van der Waals surface area contributed by atoms with E-state index in [-0.39, 0.29) is 29.0 Å². The Bertz CT molecular complexity index is 1210. The topological polar surface area (TPSA) is 98.2 Å². The fourth-order valence-corrected chi connectivity index (χ4v) is 7.24. The molecule has 188 valence electrons. The molecule has 2 aliphatic carbocycles. The highest BCUT2D eigenvalue weighted by molar-refractivity contribution is 5.89. The zero-order valence-corrected chi connectivity index (χ0v) is 20.3. The van der Waals surface area contributed by atoms with Gasteiger partial charge < -0.3 is 15.1 Å². The third kappa shape index (κ3) is 3.13. The molecular formula is C28H32N3O5+. The zero-order chi connectivity index (χ0) is 25.1. The van der Waals surface area contributed by atoms with Crippen molar-refractivity contribution in [2.45, 2.75) is 69.2 Å². The Morgan fingerprint density at radius 2 is 1.69 bits per heavy atom. The molecule has 0 radical (unpaired) electrons. The Morgan fingerprint density at radius 1 is 0.972 bits per heavy atom. The summed E-state index contributed by atoms with van der Waals surface area (Å²) in [6, 6.07) is 16.3. The third-order valence-electron chi connectivity index (χ3n) is 8.96. The van der Waals surface area contributed by atoms with E-state index in [0.29, 0.717) is 19.4 Å². The number of hydrogen-bond donors (Lipinski definition) is 2. The van der Waals surface area contributed by atoms with Crippen LogP contribution in [-0.2, 0) is 17.8 Å². The minimum Gasteiger partial charge on any atom is -0.480 e. The van der Waals surface area contributed by atoms with Gasteiger partial charge in [-0.2, -0.15) is 9.28 Å². The maximum absolute atomic E-state index is 14.2. The summed E-state index contributed by atoms with van der Waals surface area (Å²) >= 11 is 0. The SMILES string of the molecule is O=C(O)[C@H]1CCN1C(=O)N(C1CC1)[C@@]12CCC[C@@H]1Cc1ccccc1[N@@+]2(Cc1ccccc1)C(=O)O. The lowest BCUT2D eigenvalue weighted by molar-refractivity contribution is -0.147. The van der Waals surface area contributed by atoms with Crippen LogP contribution >= 0.6 is 0 Å². The molecular weight excluding hydrogens is 458 g/mol. The maximum Gasteiger partial charge on any atom is 0.521 e. The summed E-state index contributed by atoms with van der Waals surface area (Å²) in [4.78, 5) is 43.1. The molecule has 8 heteroatoms. The molecule has 2 aromatic rings. The van der Waals surface area contributed by atoms with Crippen LogP contribution in [0.1, 0.15) is 49.7 Å². The van der Waals surface area contributed by atoms with Gasteiger partial charge in [-0.05, 0) is 38.5 Å². The van der Waals surface area contributed by atoms with Crippen LogP contribution in [0.5, 0.6) is 0 Å². The molecule has 2 aromatic carbocycles. The summed E-state index contributed by atoms with van der Waals surface area (Å²) in [5.74, 6) is -1.02. The molecule has 2 aliphatic heterocycles. The average molecular weight is 491 g/mol. The second kappa shape index (κ2) is 8.34. The van der Waals surface area contributed by atoms with Gasteiger partial charge in [-0.15, -0.1) is 0 Å². The lowest BCUT2D eigenvalue weighted by Gasteiger charge is -2.58. The highest BCUT2D eigenvalue weighted by Gasteiger charge is 2.72. The number of carbonyl (C=O) groups excluding carboxylic acids is 1. The van der Waals surface area contributed by atoms with Crippen LogP contribution in [-0.4, -0.2) is 62.4 Å².